The third-order valence-corrected chi connectivity index (χ3v) is 6.37. The average Bonchev–Trinajstić information content (AvgIpc) is 2.79. The van der Waals surface area contributed by atoms with Gasteiger partial charge in [-0.3, -0.25) is 9.78 Å². The molecule has 2 heterocycles. The van der Waals surface area contributed by atoms with Crippen LogP contribution in [0.25, 0.3) is 11.3 Å². The number of hydrogen-bond acceptors (Lipinski definition) is 6. The molecule has 3 atom stereocenters. The van der Waals surface area contributed by atoms with Crippen LogP contribution in [-0.4, -0.2) is 28.0 Å². The molecule has 1 aromatic carbocycles. The molecule has 0 spiro atoms. The first-order valence-electron chi connectivity index (χ1n) is 12.2. The predicted octanol–water partition coefficient (Wildman–Crippen LogP) is 5.41. The van der Waals surface area contributed by atoms with E-state index in [0.717, 1.165) is 43.0 Å². The molecule has 1 aliphatic rings. The Kier molecular flexibility index (Phi) is 7.68. The highest BCUT2D eigenvalue weighted by Crippen LogP contribution is 2.38. The number of amides is 1. The first-order chi connectivity index (χ1) is 17.5. The number of pyridine rings is 2. The van der Waals surface area contributed by atoms with Gasteiger partial charge in [0.1, 0.15) is 23.1 Å². The molecule has 0 bridgehead atoms. The van der Waals surface area contributed by atoms with E-state index < -0.39 is 34.6 Å². The number of hydrogen-bond donors (Lipinski definition) is 3. The second kappa shape index (κ2) is 10.8. The summed E-state index contributed by atoms with van der Waals surface area (Å²) in [6.07, 6.45) is 5.41. The molecular formula is C27H30F3N5O2. The first-order valence-corrected chi connectivity index (χ1v) is 12.2. The quantitative estimate of drug-likeness (QED) is 0.406. The number of carbonyl (C=O) groups excluding carboxylic acids is 1. The maximum atomic E-state index is 14.9. The second-order valence-corrected chi connectivity index (χ2v) is 9.87. The Morgan fingerprint density at radius 2 is 1.81 bits per heavy atom. The van der Waals surface area contributed by atoms with Crippen molar-refractivity contribution in [3.05, 3.63) is 65.4 Å². The van der Waals surface area contributed by atoms with Crippen molar-refractivity contribution in [2.45, 2.75) is 58.1 Å². The lowest BCUT2D eigenvalue weighted by Crippen LogP contribution is -2.31. The SMILES string of the molecule is CC(C)Oc1cc(F)c(-c2nc(C(=O)Nc3cnccc3[C@@H]3C[C@H](C)C[C@@H](N)C3)c(N)cc2F)c(F)c1. The van der Waals surface area contributed by atoms with E-state index in [2.05, 4.69) is 22.2 Å². The third kappa shape index (κ3) is 5.85. The Balaban J connectivity index is 1.67. The fourth-order valence-corrected chi connectivity index (χ4v) is 4.93. The fourth-order valence-electron chi connectivity index (χ4n) is 4.93. The lowest BCUT2D eigenvalue weighted by Gasteiger charge is -2.32. The van der Waals surface area contributed by atoms with Crippen LogP contribution < -0.4 is 21.5 Å². The summed E-state index contributed by atoms with van der Waals surface area (Å²) in [5.74, 6) is -3.53. The van der Waals surface area contributed by atoms with Crippen molar-refractivity contribution in [1.82, 2.24) is 9.97 Å². The Morgan fingerprint density at radius 1 is 1.11 bits per heavy atom. The normalized spacial score (nSPS) is 19.6. The number of halogens is 3. The van der Waals surface area contributed by atoms with Crippen molar-refractivity contribution < 1.29 is 22.7 Å². The van der Waals surface area contributed by atoms with Gasteiger partial charge in [-0.2, -0.15) is 0 Å². The number of nitrogens with two attached hydrogens (primary N) is 2. The predicted molar refractivity (Wildman–Crippen MR) is 136 cm³/mol. The van der Waals surface area contributed by atoms with Gasteiger partial charge in [0.15, 0.2) is 11.5 Å². The maximum Gasteiger partial charge on any atom is 0.276 e. The zero-order valence-electron chi connectivity index (χ0n) is 20.9. The highest BCUT2D eigenvalue weighted by atomic mass is 19.1. The van der Waals surface area contributed by atoms with Gasteiger partial charge in [0, 0.05) is 30.4 Å². The van der Waals surface area contributed by atoms with E-state index in [-0.39, 0.29) is 35.2 Å². The molecule has 4 rings (SSSR count). The van der Waals surface area contributed by atoms with Gasteiger partial charge in [-0.05, 0) is 56.6 Å². The lowest BCUT2D eigenvalue weighted by atomic mass is 9.76. The largest absolute Gasteiger partial charge is 0.491 e. The van der Waals surface area contributed by atoms with E-state index in [4.69, 9.17) is 16.2 Å². The van der Waals surface area contributed by atoms with Crippen molar-refractivity contribution in [1.29, 1.82) is 0 Å². The minimum Gasteiger partial charge on any atom is -0.491 e. The Hall–Kier alpha value is -3.66. The smallest absolute Gasteiger partial charge is 0.276 e. The molecule has 0 saturated heterocycles. The van der Waals surface area contributed by atoms with Crippen molar-refractivity contribution in [3.63, 3.8) is 0 Å². The lowest BCUT2D eigenvalue weighted by molar-refractivity contribution is 0.102. The number of ether oxygens (including phenoxy) is 1. The highest BCUT2D eigenvalue weighted by Gasteiger charge is 2.28. The molecule has 1 fully saturated rings. The number of aromatic nitrogens is 2. The maximum absolute atomic E-state index is 14.9. The molecule has 1 aliphatic carbocycles. The van der Waals surface area contributed by atoms with Gasteiger partial charge in [-0.25, -0.2) is 18.2 Å². The molecule has 0 aliphatic heterocycles. The molecule has 5 N–H and O–H groups in total. The van der Waals surface area contributed by atoms with E-state index in [0.29, 0.717) is 11.6 Å². The molecule has 3 aromatic rings. The summed E-state index contributed by atoms with van der Waals surface area (Å²) in [5, 5.41) is 2.74. The Labute approximate surface area is 213 Å². The fraction of sp³-hybridized carbons (Fsp3) is 0.370. The molecule has 10 heteroatoms. The van der Waals surface area contributed by atoms with Crippen LogP contribution in [-0.2, 0) is 0 Å². The number of carbonyl (C=O) groups is 1. The third-order valence-electron chi connectivity index (χ3n) is 6.37. The summed E-state index contributed by atoms with van der Waals surface area (Å²) < 4.78 is 49.8. The standard InChI is InChI=1S/C27H30F3N5O2/c1-13(2)37-17-9-19(28)24(20(29)10-17)25-21(30)11-22(32)26(35-25)27(36)34-23-12-33-5-4-18(23)15-6-14(3)7-16(31)8-15/h4-5,9-16H,6-8,31-32H2,1-3H3,(H,34,36)/t14-,15+,16+/m0/s1. The number of anilines is 2. The van der Waals surface area contributed by atoms with E-state index in [1.165, 1.54) is 6.20 Å². The van der Waals surface area contributed by atoms with Crippen LogP contribution in [0.4, 0.5) is 24.5 Å². The molecule has 0 unspecified atom stereocenters. The first kappa shape index (κ1) is 26.4. The average molecular weight is 514 g/mol. The van der Waals surface area contributed by atoms with Gasteiger partial charge in [0.05, 0.1) is 29.2 Å². The zero-order chi connectivity index (χ0) is 26.9. The molecule has 2 aromatic heterocycles. The molecule has 7 nitrogen and oxygen atoms in total. The zero-order valence-corrected chi connectivity index (χ0v) is 20.9. The summed E-state index contributed by atoms with van der Waals surface area (Å²) >= 11 is 0. The monoisotopic (exact) mass is 513 g/mol. The number of nitrogens with zero attached hydrogens (tertiary/aromatic N) is 2. The van der Waals surface area contributed by atoms with E-state index >= 15 is 0 Å². The molecular weight excluding hydrogens is 483 g/mol. The van der Waals surface area contributed by atoms with Crippen molar-refractivity contribution in [2.75, 3.05) is 11.1 Å². The van der Waals surface area contributed by atoms with Gasteiger partial charge in [0.25, 0.3) is 5.91 Å². The van der Waals surface area contributed by atoms with E-state index in [9.17, 15) is 18.0 Å². The molecule has 196 valence electrons. The Bertz CT molecular complexity index is 1280. The number of nitrogen functional groups attached to an aromatic ring is 1. The van der Waals surface area contributed by atoms with Crippen LogP contribution in [0.3, 0.4) is 0 Å². The summed E-state index contributed by atoms with van der Waals surface area (Å²) in [7, 11) is 0. The van der Waals surface area contributed by atoms with Gasteiger partial charge in [-0.15, -0.1) is 0 Å². The van der Waals surface area contributed by atoms with Crippen molar-refractivity contribution >= 4 is 17.3 Å². The van der Waals surface area contributed by atoms with Crippen molar-refractivity contribution in [3.8, 4) is 17.0 Å². The molecule has 37 heavy (non-hydrogen) atoms. The van der Waals surface area contributed by atoms with Crippen molar-refractivity contribution in [2.24, 2.45) is 11.7 Å². The van der Waals surface area contributed by atoms with E-state index in [1.807, 2.05) is 6.07 Å². The highest BCUT2D eigenvalue weighted by molar-refractivity contribution is 6.07. The van der Waals surface area contributed by atoms with Crippen LogP contribution in [0, 0.1) is 23.4 Å². The van der Waals surface area contributed by atoms with Crippen LogP contribution >= 0.6 is 0 Å². The Morgan fingerprint density at radius 3 is 2.46 bits per heavy atom. The molecule has 1 saturated carbocycles. The van der Waals surface area contributed by atoms with Gasteiger partial charge in [-0.1, -0.05) is 6.92 Å². The van der Waals surface area contributed by atoms with Crippen LogP contribution in [0.15, 0.2) is 36.7 Å². The minimum absolute atomic E-state index is 0.0459. The molecule has 0 radical (unpaired) electrons. The summed E-state index contributed by atoms with van der Waals surface area (Å²) in [6.45, 7) is 5.54. The number of benzene rings is 1. The minimum atomic E-state index is -1.09. The number of rotatable bonds is 6. The molecule has 1 amide bonds. The van der Waals surface area contributed by atoms with Crippen LogP contribution in [0.5, 0.6) is 5.75 Å². The van der Waals surface area contributed by atoms with Gasteiger partial charge < -0.3 is 21.5 Å². The number of nitrogens with one attached hydrogen (secondary N) is 1. The van der Waals surface area contributed by atoms with Gasteiger partial charge >= 0.3 is 0 Å². The van der Waals surface area contributed by atoms with Gasteiger partial charge in [0.2, 0.25) is 0 Å². The topological polar surface area (TPSA) is 116 Å². The summed E-state index contributed by atoms with van der Waals surface area (Å²) in [6, 6.07) is 4.56. The van der Waals surface area contributed by atoms with E-state index in [1.54, 1.807) is 20.0 Å². The second-order valence-electron chi connectivity index (χ2n) is 9.87. The van der Waals surface area contributed by atoms with Crippen LogP contribution in [0.2, 0.25) is 0 Å². The summed E-state index contributed by atoms with van der Waals surface area (Å²) in [5.41, 5.74) is 11.4. The summed E-state index contributed by atoms with van der Waals surface area (Å²) in [4.78, 5) is 21.3. The van der Waals surface area contributed by atoms with Crippen LogP contribution in [0.1, 0.15) is 62.0 Å².